The van der Waals surface area contributed by atoms with E-state index in [4.69, 9.17) is 5.11 Å². The van der Waals surface area contributed by atoms with E-state index < -0.39 is 6.10 Å². The zero-order chi connectivity index (χ0) is 21.4. The molecule has 0 aromatic heterocycles. The lowest BCUT2D eigenvalue weighted by Gasteiger charge is -2.08. The van der Waals surface area contributed by atoms with Crippen LogP contribution in [-0.2, 0) is 4.79 Å². The summed E-state index contributed by atoms with van der Waals surface area (Å²) in [6.07, 6.45) is 25.3. The minimum Gasteiger partial charge on any atom is -0.394 e. The molecule has 0 aliphatic rings. The Kier molecular flexibility index (Phi) is 23.2. The summed E-state index contributed by atoms with van der Waals surface area (Å²) in [5.41, 5.74) is 0. The van der Waals surface area contributed by atoms with E-state index in [2.05, 4.69) is 12.2 Å². The first kappa shape index (κ1) is 28.4. The molecule has 1 unspecified atom stereocenters. The molecule has 1 atom stereocenters. The van der Waals surface area contributed by atoms with Crippen molar-refractivity contribution in [1.29, 1.82) is 0 Å². The number of aliphatic hydroxyl groups is 2. The molecular weight excluding hydrogens is 362 g/mol. The SMILES string of the molecule is CCCCCCCCCCCCCCCCCCCCCC(=O)NCC(O)CO. The van der Waals surface area contributed by atoms with Gasteiger partial charge in [-0.2, -0.15) is 0 Å². The van der Waals surface area contributed by atoms with Gasteiger partial charge in [0, 0.05) is 13.0 Å². The summed E-state index contributed by atoms with van der Waals surface area (Å²) in [6, 6.07) is 0. The van der Waals surface area contributed by atoms with Gasteiger partial charge in [-0.05, 0) is 6.42 Å². The highest BCUT2D eigenvalue weighted by atomic mass is 16.3. The second kappa shape index (κ2) is 23.7. The van der Waals surface area contributed by atoms with Gasteiger partial charge in [-0.1, -0.05) is 122 Å². The standard InChI is InChI=1S/C25H51NO3/c1-2-3-4-5-6-7-8-9-10-11-12-13-14-15-16-17-18-19-20-21-25(29)26-22-24(28)23-27/h24,27-28H,2-23H2,1H3,(H,26,29). The zero-order valence-corrected chi connectivity index (χ0v) is 19.4. The molecule has 0 spiro atoms. The predicted octanol–water partition coefficient (Wildman–Crippen LogP) is 6.28. The van der Waals surface area contributed by atoms with Gasteiger partial charge in [-0.15, -0.1) is 0 Å². The number of unbranched alkanes of at least 4 members (excludes halogenated alkanes) is 18. The highest BCUT2D eigenvalue weighted by Crippen LogP contribution is 2.14. The quantitative estimate of drug-likeness (QED) is 0.173. The normalized spacial score (nSPS) is 12.2. The monoisotopic (exact) mass is 413 g/mol. The van der Waals surface area contributed by atoms with Crippen LogP contribution in [0.2, 0.25) is 0 Å². The minimum atomic E-state index is -0.843. The topological polar surface area (TPSA) is 69.6 Å². The number of carbonyl (C=O) groups is 1. The third-order valence-corrected chi connectivity index (χ3v) is 5.75. The van der Waals surface area contributed by atoms with Crippen molar-refractivity contribution in [2.75, 3.05) is 13.2 Å². The van der Waals surface area contributed by atoms with Gasteiger partial charge in [0.1, 0.15) is 0 Å². The van der Waals surface area contributed by atoms with Gasteiger partial charge in [-0.3, -0.25) is 4.79 Å². The molecule has 4 nitrogen and oxygen atoms in total. The molecule has 4 heteroatoms. The first-order valence-electron chi connectivity index (χ1n) is 12.8. The third-order valence-electron chi connectivity index (χ3n) is 5.75. The van der Waals surface area contributed by atoms with E-state index in [1.165, 1.54) is 109 Å². The fourth-order valence-electron chi connectivity index (χ4n) is 3.75. The van der Waals surface area contributed by atoms with Crippen molar-refractivity contribution in [2.45, 2.75) is 141 Å². The van der Waals surface area contributed by atoms with Gasteiger partial charge in [0.15, 0.2) is 0 Å². The number of aliphatic hydroxyl groups excluding tert-OH is 2. The molecule has 0 heterocycles. The largest absolute Gasteiger partial charge is 0.394 e. The summed E-state index contributed by atoms with van der Waals surface area (Å²) in [6.45, 7) is 2.12. The van der Waals surface area contributed by atoms with Crippen LogP contribution in [0.1, 0.15) is 135 Å². The van der Waals surface area contributed by atoms with Gasteiger partial charge in [-0.25, -0.2) is 0 Å². The Bertz CT molecular complexity index is 336. The zero-order valence-electron chi connectivity index (χ0n) is 19.4. The molecule has 174 valence electrons. The van der Waals surface area contributed by atoms with Gasteiger partial charge < -0.3 is 15.5 Å². The van der Waals surface area contributed by atoms with Gasteiger partial charge in [0.25, 0.3) is 0 Å². The van der Waals surface area contributed by atoms with Crippen LogP contribution in [0.3, 0.4) is 0 Å². The molecule has 0 fully saturated rings. The molecule has 3 N–H and O–H groups in total. The molecule has 0 saturated heterocycles. The summed E-state index contributed by atoms with van der Waals surface area (Å²) >= 11 is 0. The molecular formula is C25H51NO3. The Hall–Kier alpha value is -0.610. The van der Waals surface area contributed by atoms with E-state index in [1.54, 1.807) is 0 Å². The Morgan fingerprint density at radius 1 is 0.655 bits per heavy atom. The van der Waals surface area contributed by atoms with Crippen LogP contribution in [0.4, 0.5) is 0 Å². The first-order chi connectivity index (χ1) is 14.2. The molecule has 29 heavy (non-hydrogen) atoms. The summed E-state index contributed by atoms with van der Waals surface area (Å²) in [7, 11) is 0. The molecule has 0 rings (SSSR count). The van der Waals surface area contributed by atoms with Crippen LogP contribution in [0, 0.1) is 0 Å². The number of hydrogen-bond donors (Lipinski definition) is 3. The molecule has 0 aromatic rings. The Balaban J connectivity index is 3.11. The van der Waals surface area contributed by atoms with Crippen molar-refractivity contribution in [1.82, 2.24) is 5.32 Å². The van der Waals surface area contributed by atoms with E-state index >= 15 is 0 Å². The number of carbonyl (C=O) groups excluding carboxylic acids is 1. The van der Waals surface area contributed by atoms with Crippen molar-refractivity contribution < 1.29 is 15.0 Å². The van der Waals surface area contributed by atoms with Crippen LogP contribution >= 0.6 is 0 Å². The highest BCUT2D eigenvalue weighted by Gasteiger charge is 2.05. The third kappa shape index (κ3) is 23.5. The molecule has 0 aliphatic carbocycles. The smallest absolute Gasteiger partial charge is 0.220 e. The van der Waals surface area contributed by atoms with Crippen molar-refractivity contribution >= 4 is 5.91 Å². The maximum atomic E-state index is 11.5. The van der Waals surface area contributed by atoms with Crippen molar-refractivity contribution in [3.8, 4) is 0 Å². The number of amides is 1. The Morgan fingerprint density at radius 2 is 1.00 bits per heavy atom. The second-order valence-electron chi connectivity index (χ2n) is 8.75. The van der Waals surface area contributed by atoms with E-state index in [-0.39, 0.29) is 19.1 Å². The second-order valence-corrected chi connectivity index (χ2v) is 8.75. The van der Waals surface area contributed by atoms with Gasteiger partial charge in [0.2, 0.25) is 5.91 Å². The maximum Gasteiger partial charge on any atom is 0.220 e. The number of nitrogens with one attached hydrogen (secondary N) is 1. The van der Waals surface area contributed by atoms with Crippen LogP contribution in [0.15, 0.2) is 0 Å². The fourth-order valence-corrected chi connectivity index (χ4v) is 3.75. The average molecular weight is 414 g/mol. The molecule has 0 radical (unpaired) electrons. The highest BCUT2D eigenvalue weighted by molar-refractivity contribution is 5.75. The number of hydrogen-bond acceptors (Lipinski definition) is 3. The molecule has 0 aliphatic heterocycles. The van der Waals surface area contributed by atoms with Crippen LogP contribution in [0.5, 0.6) is 0 Å². The van der Waals surface area contributed by atoms with Gasteiger partial charge in [0.05, 0.1) is 12.7 Å². The predicted molar refractivity (Wildman–Crippen MR) is 124 cm³/mol. The van der Waals surface area contributed by atoms with Gasteiger partial charge >= 0.3 is 0 Å². The average Bonchev–Trinajstić information content (AvgIpc) is 2.73. The van der Waals surface area contributed by atoms with Crippen LogP contribution < -0.4 is 5.32 Å². The minimum absolute atomic E-state index is 0.0236. The van der Waals surface area contributed by atoms with Crippen LogP contribution in [0.25, 0.3) is 0 Å². The number of rotatable bonds is 23. The lowest BCUT2D eigenvalue weighted by molar-refractivity contribution is -0.121. The summed E-state index contributed by atoms with van der Waals surface area (Å²) in [5.74, 6) is -0.0236. The van der Waals surface area contributed by atoms with Crippen LogP contribution in [-0.4, -0.2) is 35.4 Å². The summed E-state index contributed by atoms with van der Waals surface area (Å²) in [4.78, 5) is 11.5. The van der Waals surface area contributed by atoms with E-state index in [9.17, 15) is 9.90 Å². The van der Waals surface area contributed by atoms with E-state index in [0.717, 1.165) is 12.8 Å². The van der Waals surface area contributed by atoms with Crippen molar-refractivity contribution in [2.24, 2.45) is 0 Å². The van der Waals surface area contributed by atoms with Crippen molar-refractivity contribution in [3.63, 3.8) is 0 Å². The molecule has 0 bridgehead atoms. The van der Waals surface area contributed by atoms with Crippen molar-refractivity contribution in [3.05, 3.63) is 0 Å². The molecule has 0 saturated carbocycles. The summed E-state index contributed by atoms with van der Waals surface area (Å²) < 4.78 is 0. The van der Waals surface area contributed by atoms with E-state index in [1.807, 2.05) is 0 Å². The molecule has 1 amide bonds. The Morgan fingerprint density at radius 3 is 1.34 bits per heavy atom. The summed E-state index contributed by atoms with van der Waals surface area (Å²) in [5, 5.41) is 20.5. The molecule has 0 aromatic carbocycles. The maximum absolute atomic E-state index is 11.5. The fraction of sp³-hybridized carbons (Fsp3) is 0.960. The first-order valence-corrected chi connectivity index (χ1v) is 12.8. The lowest BCUT2D eigenvalue weighted by Crippen LogP contribution is -2.33. The Labute approximate surface area is 181 Å². The van der Waals surface area contributed by atoms with E-state index in [0.29, 0.717) is 6.42 Å². The lowest BCUT2D eigenvalue weighted by atomic mass is 10.0.